The highest BCUT2D eigenvalue weighted by atomic mass is 19.4. The van der Waals surface area contributed by atoms with E-state index in [0.29, 0.717) is 5.56 Å². The fourth-order valence-electron chi connectivity index (χ4n) is 3.07. The Hall–Kier alpha value is -3.36. The van der Waals surface area contributed by atoms with Gasteiger partial charge in [-0.3, -0.25) is 9.48 Å². The predicted octanol–water partition coefficient (Wildman–Crippen LogP) is 5.10. The molecule has 0 saturated heterocycles. The minimum Gasteiger partial charge on any atom is -0.406 e. The van der Waals surface area contributed by atoms with Gasteiger partial charge in [-0.2, -0.15) is 5.10 Å². The Balaban J connectivity index is 1.58. The van der Waals surface area contributed by atoms with Crippen molar-refractivity contribution in [1.29, 1.82) is 0 Å². The van der Waals surface area contributed by atoms with Gasteiger partial charge in [0.25, 0.3) is 5.91 Å². The van der Waals surface area contributed by atoms with E-state index in [1.54, 1.807) is 24.3 Å². The van der Waals surface area contributed by atoms with E-state index in [4.69, 9.17) is 0 Å². The second kappa shape index (κ2) is 7.81. The molecule has 156 valence electrons. The van der Waals surface area contributed by atoms with Crippen molar-refractivity contribution in [3.8, 4) is 5.75 Å². The smallest absolute Gasteiger partial charge is 0.406 e. The van der Waals surface area contributed by atoms with Crippen LogP contribution in [0.3, 0.4) is 0 Å². The molecule has 3 aromatic rings. The van der Waals surface area contributed by atoms with E-state index in [1.165, 1.54) is 22.9 Å². The Morgan fingerprint density at radius 1 is 1.13 bits per heavy atom. The monoisotopic (exact) mass is 419 g/mol. The maximum atomic E-state index is 14.1. The Kier molecular flexibility index (Phi) is 5.19. The summed E-state index contributed by atoms with van der Waals surface area (Å²) in [6.45, 7) is 0.0549. The quantitative estimate of drug-likeness (QED) is 0.566. The molecular formula is C21H17F4N3O2. The molecule has 1 heterocycles. The van der Waals surface area contributed by atoms with Gasteiger partial charge in [0.2, 0.25) is 0 Å². The van der Waals surface area contributed by atoms with Crippen molar-refractivity contribution in [3.63, 3.8) is 0 Å². The van der Waals surface area contributed by atoms with Crippen LogP contribution in [0.25, 0.3) is 0 Å². The zero-order valence-electron chi connectivity index (χ0n) is 15.6. The zero-order chi connectivity index (χ0) is 21.3. The topological polar surface area (TPSA) is 56.1 Å². The summed E-state index contributed by atoms with van der Waals surface area (Å²) in [6.07, 6.45) is -2.90. The second-order valence-electron chi connectivity index (χ2n) is 7.01. The van der Waals surface area contributed by atoms with Gasteiger partial charge in [0.1, 0.15) is 17.3 Å². The number of carbonyl (C=O) groups excluding carboxylic acids is 1. The Morgan fingerprint density at radius 3 is 2.60 bits per heavy atom. The number of nitrogens with zero attached hydrogens (tertiary/aromatic N) is 2. The molecule has 1 fully saturated rings. The van der Waals surface area contributed by atoms with Gasteiger partial charge in [-0.15, -0.1) is 13.2 Å². The van der Waals surface area contributed by atoms with E-state index in [-0.39, 0.29) is 23.8 Å². The number of halogens is 4. The van der Waals surface area contributed by atoms with Gasteiger partial charge >= 0.3 is 6.36 Å². The first-order valence-corrected chi connectivity index (χ1v) is 9.27. The lowest BCUT2D eigenvalue weighted by molar-refractivity contribution is -0.274. The molecule has 4 rings (SSSR count). The predicted molar refractivity (Wildman–Crippen MR) is 101 cm³/mol. The van der Waals surface area contributed by atoms with Crippen LogP contribution in [0.1, 0.15) is 40.5 Å². The normalized spacial score (nSPS) is 13.9. The number of nitrogens with one attached hydrogen (secondary N) is 1. The van der Waals surface area contributed by atoms with Crippen LogP contribution in [0, 0.1) is 5.82 Å². The van der Waals surface area contributed by atoms with E-state index in [1.807, 2.05) is 0 Å². The minimum atomic E-state index is -4.83. The van der Waals surface area contributed by atoms with Gasteiger partial charge in [0, 0.05) is 23.2 Å². The largest absolute Gasteiger partial charge is 0.573 e. The number of aromatic nitrogens is 2. The lowest BCUT2D eigenvalue weighted by Gasteiger charge is -2.11. The summed E-state index contributed by atoms with van der Waals surface area (Å²) in [5, 5.41) is 7.01. The molecule has 1 N–H and O–H groups in total. The fourth-order valence-corrected chi connectivity index (χ4v) is 3.07. The molecule has 1 amide bonds. The number of carbonyl (C=O) groups is 1. The molecule has 5 nitrogen and oxygen atoms in total. The Bertz CT molecular complexity index is 1070. The maximum Gasteiger partial charge on any atom is 0.573 e. The zero-order valence-corrected chi connectivity index (χ0v) is 15.6. The molecule has 1 saturated carbocycles. The molecule has 0 unspecified atom stereocenters. The number of benzene rings is 2. The Morgan fingerprint density at radius 2 is 1.90 bits per heavy atom. The number of anilines is 1. The molecule has 9 heteroatoms. The molecule has 0 radical (unpaired) electrons. The van der Waals surface area contributed by atoms with Gasteiger partial charge in [0.15, 0.2) is 0 Å². The van der Waals surface area contributed by atoms with Gasteiger partial charge in [-0.05, 0) is 37.1 Å². The van der Waals surface area contributed by atoms with Crippen LogP contribution in [0.4, 0.5) is 23.2 Å². The van der Waals surface area contributed by atoms with Crippen molar-refractivity contribution in [2.45, 2.75) is 31.7 Å². The minimum absolute atomic E-state index is 0.0549. The van der Waals surface area contributed by atoms with Crippen molar-refractivity contribution in [2.75, 3.05) is 5.32 Å². The molecule has 1 aliphatic carbocycles. The van der Waals surface area contributed by atoms with Crippen LogP contribution in [-0.4, -0.2) is 22.1 Å². The summed E-state index contributed by atoms with van der Waals surface area (Å²) in [7, 11) is 0. The molecular weight excluding hydrogens is 402 g/mol. The fraction of sp³-hybridized carbons (Fsp3) is 0.238. The van der Waals surface area contributed by atoms with Gasteiger partial charge in [0.05, 0.1) is 12.2 Å². The Labute approximate surface area is 169 Å². The lowest BCUT2D eigenvalue weighted by atomic mass is 10.2. The first-order chi connectivity index (χ1) is 14.3. The standard InChI is InChI=1S/C21H17F4N3O2/c22-17-7-2-1-4-14(17)12-28-19(11-18(27-28)13-8-9-13)20(29)26-15-5-3-6-16(10-15)30-21(23,24)25/h1-7,10-11,13H,8-9,12H2,(H,26,29). The van der Waals surface area contributed by atoms with Crippen LogP contribution in [0.15, 0.2) is 54.6 Å². The number of alkyl halides is 3. The SMILES string of the molecule is O=C(Nc1cccc(OC(F)(F)F)c1)c1cc(C2CC2)nn1Cc1ccccc1F. The van der Waals surface area contributed by atoms with Gasteiger partial charge in [-0.25, -0.2) is 4.39 Å². The molecule has 0 aliphatic heterocycles. The third kappa shape index (κ3) is 4.79. The summed E-state index contributed by atoms with van der Waals surface area (Å²) in [6, 6.07) is 12.8. The number of ether oxygens (including phenoxy) is 1. The average molecular weight is 419 g/mol. The number of hydrogen-bond acceptors (Lipinski definition) is 3. The highest BCUT2D eigenvalue weighted by Gasteiger charge is 2.31. The molecule has 2 aromatic carbocycles. The van der Waals surface area contributed by atoms with E-state index in [0.717, 1.165) is 30.7 Å². The van der Waals surface area contributed by atoms with E-state index in [2.05, 4.69) is 15.2 Å². The van der Waals surface area contributed by atoms with Crippen molar-refractivity contribution in [2.24, 2.45) is 0 Å². The molecule has 0 bridgehead atoms. The van der Waals surface area contributed by atoms with Gasteiger partial charge < -0.3 is 10.1 Å². The average Bonchev–Trinajstić information content (AvgIpc) is 3.43. The lowest BCUT2D eigenvalue weighted by Crippen LogP contribution is -2.19. The summed E-state index contributed by atoms with van der Waals surface area (Å²) in [5.74, 6) is -1.15. The number of amides is 1. The number of rotatable bonds is 6. The van der Waals surface area contributed by atoms with Crippen molar-refractivity contribution >= 4 is 11.6 Å². The first kappa shape index (κ1) is 19.9. The van der Waals surface area contributed by atoms with E-state index < -0.39 is 23.8 Å². The third-order valence-corrected chi connectivity index (χ3v) is 4.63. The van der Waals surface area contributed by atoms with Crippen molar-refractivity contribution in [3.05, 3.63) is 77.4 Å². The van der Waals surface area contributed by atoms with Gasteiger partial charge in [-0.1, -0.05) is 24.3 Å². The van der Waals surface area contributed by atoms with Crippen LogP contribution >= 0.6 is 0 Å². The van der Waals surface area contributed by atoms with Crippen LogP contribution in [0.5, 0.6) is 5.75 Å². The molecule has 0 atom stereocenters. The number of hydrogen-bond donors (Lipinski definition) is 1. The van der Waals surface area contributed by atoms with Crippen LogP contribution in [-0.2, 0) is 6.54 Å². The summed E-state index contributed by atoms with van der Waals surface area (Å²) < 4.78 is 56.6. The van der Waals surface area contributed by atoms with Crippen molar-refractivity contribution < 1.29 is 27.1 Å². The van der Waals surface area contributed by atoms with Crippen LogP contribution in [0.2, 0.25) is 0 Å². The van der Waals surface area contributed by atoms with Crippen molar-refractivity contribution in [1.82, 2.24) is 9.78 Å². The summed E-state index contributed by atoms with van der Waals surface area (Å²) in [5.41, 5.74) is 1.44. The first-order valence-electron chi connectivity index (χ1n) is 9.27. The molecule has 30 heavy (non-hydrogen) atoms. The maximum absolute atomic E-state index is 14.1. The van der Waals surface area contributed by atoms with Crippen LogP contribution < -0.4 is 10.1 Å². The van der Waals surface area contributed by atoms with E-state index in [9.17, 15) is 22.4 Å². The van der Waals surface area contributed by atoms with E-state index >= 15 is 0 Å². The molecule has 0 spiro atoms. The third-order valence-electron chi connectivity index (χ3n) is 4.63. The molecule has 1 aromatic heterocycles. The second-order valence-corrected chi connectivity index (χ2v) is 7.01. The molecule has 1 aliphatic rings. The highest BCUT2D eigenvalue weighted by molar-refractivity contribution is 6.03. The highest BCUT2D eigenvalue weighted by Crippen LogP contribution is 2.39. The summed E-state index contributed by atoms with van der Waals surface area (Å²) >= 11 is 0. The summed E-state index contributed by atoms with van der Waals surface area (Å²) in [4.78, 5) is 12.8.